The van der Waals surface area contributed by atoms with Gasteiger partial charge < -0.3 is 15.2 Å². The van der Waals surface area contributed by atoms with Gasteiger partial charge in [0, 0.05) is 18.7 Å². The number of rotatable bonds is 6. The molecule has 0 unspecified atom stereocenters. The van der Waals surface area contributed by atoms with Gasteiger partial charge in [0.15, 0.2) is 9.84 Å². The number of benzene rings is 1. The largest absolute Gasteiger partial charge is 0.497 e. The molecule has 0 spiro atoms. The highest BCUT2D eigenvalue weighted by atomic mass is 32.2. The predicted octanol–water partition coefficient (Wildman–Crippen LogP) is 0.714. The first-order valence-corrected chi connectivity index (χ1v) is 8.98. The summed E-state index contributed by atoms with van der Waals surface area (Å²) in [5, 5.41) is -0.850. The normalized spacial score (nSPS) is 27.3. The quantitative estimate of drug-likeness (QED) is 0.773. The van der Waals surface area contributed by atoms with E-state index >= 15 is 0 Å². The van der Waals surface area contributed by atoms with E-state index in [1.165, 1.54) is 0 Å². The molecule has 1 aliphatic rings. The number of carbonyl (C=O) groups is 1. The van der Waals surface area contributed by atoms with Crippen molar-refractivity contribution in [1.29, 1.82) is 0 Å². The minimum absolute atomic E-state index is 0.0692. The molecule has 0 aliphatic heterocycles. The van der Waals surface area contributed by atoms with Gasteiger partial charge in [-0.05, 0) is 24.6 Å². The minimum Gasteiger partial charge on any atom is -0.497 e. The maximum atomic E-state index is 12.3. The summed E-state index contributed by atoms with van der Waals surface area (Å²) in [6, 6.07) is 7.00. The second kappa shape index (κ2) is 5.89. The van der Waals surface area contributed by atoms with Gasteiger partial charge in [-0.2, -0.15) is 0 Å². The third-order valence-electron chi connectivity index (χ3n) is 4.19. The zero-order chi connectivity index (χ0) is 16.5. The molecule has 7 heteroatoms. The van der Waals surface area contributed by atoms with Crippen LogP contribution in [0.3, 0.4) is 0 Å². The lowest BCUT2D eigenvalue weighted by atomic mass is 9.99. The highest BCUT2D eigenvalue weighted by molar-refractivity contribution is 7.91. The third-order valence-corrected chi connectivity index (χ3v) is 5.80. The molecule has 2 rings (SSSR count). The smallest absolute Gasteiger partial charge is 0.315 e. The first-order valence-electron chi connectivity index (χ1n) is 7.03. The standard InChI is InChI=1S/C15H21NO5S/c1-4-21-14(17)15(9-16)12(13(15)22(3,18)19)10-5-7-11(20-2)8-6-10/h5-8,12-13H,4,9,16H2,1-3H3/t12-,13-,15+/m0/s1. The fourth-order valence-electron chi connectivity index (χ4n) is 3.15. The summed E-state index contributed by atoms with van der Waals surface area (Å²) >= 11 is 0. The van der Waals surface area contributed by atoms with Crippen LogP contribution in [0.4, 0.5) is 0 Å². The van der Waals surface area contributed by atoms with Crippen LogP contribution in [0.2, 0.25) is 0 Å². The lowest BCUT2D eigenvalue weighted by Gasteiger charge is -2.14. The number of nitrogens with two attached hydrogens (primary N) is 1. The fraction of sp³-hybridized carbons (Fsp3) is 0.533. The van der Waals surface area contributed by atoms with E-state index in [-0.39, 0.29) is 13.2 Å². The summed E-state index contributed by atoms with van der Waals surface area (Å²) in [5.74, 6) is -0.374. The number of ether oxygens (including phenoxy) is 2. The average Bonchev–Trinajstić information content (AvgIpc) is 3.18. The van der Waals surface area contributed by atoms with Gasteiger partial charge in [0.2, 0.25) is 0 Å². The van der Waals surface area contributed by atoms with Crippen molar-refractivity contribution in [3.8, 4) is 5.75 Å². The van der Waals surface area contributed by atoms with Crippen molar-refractivity contribution in [1.82, 2.24) is 0 Å². The Balaban J connectivity index is 2.44. The Kier molecular flexibility index (Phi) is 4.49. The summed E-state index contributed by atoms with van der Waals surface area (Å²) in [5.41, 5.74) is 5.33. The van der Waals surface area contributed by atoms with Crippen LogP contribution in [-0.4, -0.2) is 46.2 Å². The summed E-state index contributed by atoms with van der Waals surface area (Å²) < 4.78 is 34.4. The van der Waals surface area contributed by atoms with Crippen molar-refractivity contribution in [3.05, 3.63) is 29.8 Å². The lowest BCUT2D eigenvalue weighted by Crippen LogP contribution is -2.33. The van der Waals surface area contributed by atoms with Crippen LogP contribution in [0, 0.1) is 5.41 Å². The van der Waals surface area contributed by atoms with E-state index in [4.69, 9.17) is 15.2 Å². The Bertz CT molecular complexity index is 655. The highest BCUT2D eigenvalue weighted by Crippen LogP contribution is 2.63. The minimum atomic E-state index is -3.44. The summed E-state index contributed by atoms with van der Waals surface area (Å²) in [6.45, 7) is 1.80. The predicted molar refractivity (Wildman–Crippen MR) is 82.5 cm³/mol. The Morgan fingerprint density at radius 3 is 2.32 bits per heavy atom. The molecule has 122 valence electrons. The Hall–Kier alpha value is -1.60. The molecular formula is C15H21NO5S. The Labute approximate surface area is 130 Å². The van der Waals surface area contributed by atoms with Gasteiger partial charge in [-0.15, -0.1) is 0 Å². The maximum absolute atomic E-state index is 12.3. The first kappa shape index (κ1) is 16.8. The Morgan fingerprint density at radius 1 is 1.32 bits per heavy atom. The Morgan fingerprint density at radius 2 is 1.91 bits per heavy atom. The highest BCUT2D eigenvalue weighted by Gasteiger charge is 2.74. The van der Waals surface area contributed by atoms with E-state index in [9.17, 15) is 13.2 Å². The van der Waals surface area contributed by atoms with Crippen LogP contribution in [0.1, 0.15) is 18.4 Å². The summed E-state index contributed by atoms with van der Waals surface area (Å²) in [6.07, 6.45) is 1.13. The van der Waals surface area contributed by atoms with Crippen LogP contribution < -0.4 is 10.5 Å². The number of carbonyl (C=O) groups excluding carboxylic acids is 1. The topological polar surface area (TPSA) is 95.7 Å². The molecule has 3 atom stereocenters. The van der Waals surface area contributed by atoms with Gasteiger partial charge >= 0.3 is 5.97 Å². The molecule has 1 aromatic rings. The van der Waals surface area contributed by atoms with Crippen molar-refractivity contribution in [2.45, 2.75) is 18.1 Å². The molecule has 0 amide bonds. The average molecular weight is 327 g/mol. The van der Waals surface area contributed by atoms with Crippen molar-refractivity contribution in [2.24, 2.45) is 11.1 Å². The van der Waals surface area contributed by atoms with Crippen LogP contribution >= 0.6 is 0 Å². The maximum Gasteiger partial charge on any atom is 0.315 e. The molecule has 1 aliphatic carbocycles. The molecule has 0 heterocycles. The molecule has 1 aromatic carbocycles. The molecule has 0 saturated heterocycles. The van der Waals surface area contributed by atoms with E-state index in [1.54, 1.807) is 38.3 Å². The number of esters is 1. The number of hydrogen-bond donors (Lipinski definition) is 1. The second-order valence-corrected chi connectivity index (χ2v) is 7.63. The molecule has 1 saturated carbocycles. The summed E-state index contributed by atoms with van der Waals surface area (Å²) in [4.78, 5) is 12.3. The van der Waals surface area contributed by atoms with E-state index in [1.807, 2.05) is 0 Å². The van der Waals surface area contributed by atoms with Gasteiger partial charge in [0.25, 0.3) is 0 Å². The monoisotopic (exact) mass is 327 g/mol. The van der Waals surface area contributed by atoms with Gasteiger partial charge in [0.1, 0.15) is 11.2 Å². The molecule has 0 aromatic heterocycles. The van der Waals surface area contributed by atoms with Crippen molar-refractivity contribution >= 4 is 15.8 Å². The number of methoxy groups -OCH3 is 1. The van der Waals surface area contributed by atoms with Gasteiger partial charge in [0.05, 0.1) is 19.0 Å². The van der Waals surface area contributed by atoms with Crippen molar-refractivity contribution in [3.63, 3.8) is 0 Å². The van der Waals surface area contributed by atoms with Gasteiger partial charge in [-0.3, -0.25) is 4.79 Å². The third kappa shape index (κ3) is 2.59. The lowest BCUT2D eigenvalue weighted by molar-refractivity contribution is -0.149. The van der Waals surface area contributed by atoms with Gasteiger partial charge in [-0.25, -0.2) is 8.42 Å². The zero-order valence-corrected chi connectivity index (χ0v) is 13.7. The van der Waals surface area contributed by atoms with E-state index < -0.39 is 32.4 Å². The van der Waals surface area contributed by atoms with Crippen molar-refractivity contribution < 1.29 is 22.7 Å². The molecule has 1 fully saturated rings. The molecule has 0 radical (unpaired) electrons. The van der Waals surface area contributed by atoms with E-state index in [0.717, 1.165) is 11.8 Å². The van der Waals surface area contributed by atoms with Gasteiger partial charge in [-0.1, -0.05) is 12.1 Å². The summed E-state index contributed by atoms with van der Waals surface area (Å²) in [7, 11) is -1.89. The van der Waals surface area contributed by atoms with Crippen LogP contribution in [0.15, 0.2) is 24.3 Å². The van der Waals surface area contributed by atoms with Crippen LogP contribution in [0.5, 0.6) is 5.75 Å². The SMILES string of the molecule is CCOC(=O)[C@]1(CN)[C@@H](c2ccc(OC)cc2)[C@@H]1S(C)(=O)=O. The zero-order valence-electron chi connectivity index (χ0n) is 12.9. The molecule has 22 heavy (non-hydrogen) atoms. The van der Waals surface area contributed by atoms with Crippen molar-refractivity contribution in [2.75, 3.05) is 26.5 Å². The second-order valence-electron chi connectivity index (χ2n) is 5.47. The van der Waals surface area contributed by atoms with Crippen LogP contribution in [-0.2, 0) is 19.4 Å². The van der Waals surface area contributed by atoms with E-state index in [2.05, 4.69) is 0 Å². The molecule has 2 N–H and O–H groups in total. The molecular weight excluding hydrogens is 306 g/mol. The van der Waals surface area contributed by atoms with E-state index in [0.29, 0.717) is 5.75 Å². The molecule has 0 bridgehead atoms. The number of sulfone groups is 1. The first-order chi connectivity index (χ1) is 10.3. The number of hydrogen-bond acceptors (Lipinski definition) is 6. The van der Waals surface area contributed by atoms with Crippen LogP contribution in [0.25, 0.3) is 0 Å². The fourth-order valence-corrected chi connectivity index (χ4v) is 5.07. The molecule has 6 nitrogen and oxygen atoms in total.